The average Bonchev–Trinajstić information content (AvgIpc) is 2.16. The van der Waals surface area contributed by atoms with E-state index < -0.39 is 12.1 Å². The molecule has 1 fully saturated rings. The van der Waals surface area contributed by atoms with Crippen LogP contribution in [0.15, 0.2) is 18.2 Å². The molecule has 1 aliphatic heterocycles. The second kappa shape index (κ2) is 4.40. The summed E-state index contributed by atoms with van der Waals surface area (Å²) in [6, 6.07) is 3.64. The molecule has 0 saturated carbocycles. The Bertz CT molecular complexity index is 470. The number of anilines is 1. The highest BCUT2D eigenvalue weighted by atomic mass is 19.4. The van der Waals surface area contributed by atoms with Crippen LogP contribution in [0.2, 0.25) is 0 Å². The van der Waals surface area contributed by atoms with Crippen LogP contribution in [-0.2, 0) is 0 Å². The van der Waals surface area contributed by atoms with Crippen molar-refractivity contribution in [3.8, 4) is 5.75 Å². The Labute approximate surface area is 101 Å². The van der Waals surface area contributed by atoms with Crippen LogP contribution in [0, 0.1) is 0 Å². The van der Waals surface area contributed by atoms with Crippen LogP contribution in [0.5, 0.6) is 5.75 Å². The number of rotatable bonds is 2. The largest absolute Gasteiger partial charge is 0.573 e. The number of ether oxygens (including phenoxy) is 1. The van der Waals surface area contributed by atoms with Crippen LogP contribution in [0.25, 0.3) is 0 Å². The number of benzene rings is 1. The van der Waals surface area contributed by atoms with Gasteiger partial charge in [0.15, 0.2) is 5.75 Å². The Balaban J connectivity index is 2.22. The molecule has 0 atom stereocenters. The molecule has 1 aromatic rings. The molecule has 0 bridgehead atoms. The van der Waals surface area contributed by atoms with Crippen LogP contribution >= 0.6 is 0 Å². The van der Waals surface area contributed by atoms with Crippen molar-refractivity contribution < 1.29 is 22.7 Å². The lowest BCUT2D eigenvalue weighted by Crippen LogP contribution is -2.42. The number of hydrogen-bond donors (Lipinski definition) is 1. The topological polar surface area (TPSA) is 55.6 Å². The van der Waals surface area contributed by atoms with Gasteiger partial charge in [0.05, 0.1) is 5.69 Å². The summed E-state index contributed by atoms with van der Waals surface area (Å²) in [5.74, 6) is -0.859. The molecule has 4 nitrogen and oxygen atoms in total. The molecule has 98 valence electrons. The second-order valence-corrected chi connectivity index (χ2v) is 3.95. The lowest BCUT2D eigenvalue weighted by atomic mass is 10.1. The summed E-state index contributed by atoms with van der Waals surface area (Å²) in [6.45, 7) is 1.25. The number of likely N-dealkylation sites (tertiary alicyclic amines) is 1. The van der Waals surface area contributed by atoms with E-state index in [1.807, 2.05) is 0 Å². The summed E-state index contributed by atoms with van der Waals surface area (Å²) in [7, 11) is 0. The van der Waals surface area contributed by atoms with E-state index in [4.69, 9.17) is 5.73 Å². The zero-order chi connectivity index (χ0) is 13.3. The van der Waals surface area contributed by atoms with Gasteiger partial charge in [-0.2, -0.15) is 0 Å². The predicted molar refractivity (Wildman–Crippen MR) is 58.1 cm³/mol. The number of hydrogen-bond acceptors (Lipinski definition) is 3. The van der Waals surface area contributed by atoms with Crippen molar-refractivity contribution >= 4 is 11.6 Å². The maximum atomic E-state index is 12.1. The number of carbonyl (C=O) groups is 1. The Morgan fingerprint density at radius 1 is 1.33 bits per heavy atom. The molecule has 1 saturated heterocycles. The third kappa shape index (κ3) is 2.66. The lowest BCUT2D eigenvalue weighted by molar-refractivity contribution is -0.274. The minimum atomic E-state index is -4.83. The van der Waals surface area contributed by atoms with Crippen molar-refractivity contribution in [3.05, 3.63) is 23.8 Å². The van der Waals surface area contributed by atoms with E-state index in [2.05, 4.69) is 4.74 Å². The van der Waals surface area contributed by atoms with E-state index in [9.17, 15) is 18.0 Å². The maximum Gasteiger partial charge on any atom is 0.573 e. The fourth-order valence-corrected chi connectivity index (χ4v) is 1.58. The summed E-state index contributed by atoms with van der Waals surface area (Å²) >= 11 is 0. The molecule has 1 aromatic carbocycles. The first kappa shape index (κ1) is 12.5. The summed E-state index contributed by atoms with van der Waals surface area (Å²) in [6.07, 6.45) is -3.92. The van der Waals surface area contributed by atoms with E-state index in [0.717, 1.165) is 12.5 Å². The minimum Gasteiger partial charge on any atom is -0.404 e. The summed E-state index contributed by atoms with van der Waals surface area (Å²) in [4.78, 5) is 13.3. The lowest BCUT2D eigenvalue weighted by Gasteiger charge is -2.31. The highest BCUT2D eigenvalue weighted by Gasteiger charge is 2.32. The Morgan fingerprint density at radius 3 is 2.50 bits per heavy atom. The van der Waals surface area contributed by atoms with E-state index in [1.54, 1.807) is 4.90 Å². The van der Waals surface area contributed by atoms with Gasteiger partial charge in [-0.1, -0.05) is 0 Å². The van der Waals surface area contributed by atoms with E-state index in [0.29, 0.717) is 13.1 Å². The molecule has 2 rings (SSSR count). The predicted octanol–water partition coefficient (Wildman–Crippen LogP) is 2.01. The zero-order valence-corrected chi connectivity index (χ0v) is 9.33. The molecular formula is C11H11F3N2O2. The smallest absolute Gasteiger partial charge is 0.404 e. The van der Waals surface area contributed by atoms with Gasteiger partial charge in [-0.3, -0.25) is 4.79 Å². The summed E-state index contributed by atoms with van der Waals surface area (Å²) in [5, 5.41) is 0. The van der Waals surface area contributed by atoms with Crippen LogP contribution < -0.4 is 10.5 Å². The van der Waals surface area contributed by atoms with Crippen LogP contribution in [0.4, 0.5) is 18.9 Å². The van der Waals surface area contributed by atoms with Gasteiger partial charge in [0.2, 0.25) is 0 Å². The van der Waals surface area contributed by atoms with Gasteiger partial charge in [-0.05, 0) is 24.6 Å². The number of nitrogen functional groups attached to an aromatic ring is 1. The number of nitrogens with two attached hydrogens (primary N) is 1. The van der Waals surface area contributed by atoms with Gasteiger partial charge in [0, 0.05) is 18.7 Å². The first-order valence-electron chi connectivity index (χ1n) is 5.31. The van der Waals surface area contributed by atoms with E-state index in [-0.39, 0.29) is 17.2 Å². The normalized spacial score (nSPS) is 15.2. The van der Waals surface area contributed by atoms with Crippen molar-refractivity contribution in [2.75, 3.05) is 18.8 Å². The van der Waals surface area contributed by atoms with Crippen molar-refractivity contribution in [1.82, 2.24) is 4.90 Å². The van der Waals surface area contributed by atoms with Gasteiger partial charge in [-0.15, -0.1) is 13.2 Å². The average molecular weight is 260 g/mol. The molecule has 2 N–H and O–H groups in total. The van der Waals surface area contributed by atoms with Crippen LogP contribution in [0.3, 0.4) is 0 Å². The molecule has 0 spiro atoms. The highest BCUT2D eigenvalue weighted by molar-refractivity contribution is 5.95. The molecular weight excluding hydrogens is 249 g/mol. The van der Waals surface area contributed by atoms with Gasteiger partial charge in [0.1, 0.15) is 0 Å². The molecule has 0 aliphatic carbocycles. The van der Waals surface area contributed by atoms with E-state index in [1.165, 1.54) is 12.1 Å². The molecule has 7 heteroatoms. The van der Waals surface area contributed by atoms with Crippen molar-refractivity contribution in [2.24, 2.45) is 0 Å². The Morgan fingerprint density at radius 2 is 2.00 bits per heavy atom. The van der Waals surface area contributed by atoms with Gasteiger partial charge >= 0.3 is 6.36 Å². The highest BCUT2D eigenvalue weighted by Crippen LogP contribution is 2.29. The molecule has 0 aromatic heterocycles. The van der Waals surface area contributed by atoms with Gasteiger partial charge < -0.3 is 15.4 Å². The standard InChI is InChI=1S/C11H11F3N2O2/c12-11(13,14)18-9-6-7(2-3-8(9)15)10(17)16-4-1-5-16/h2-3,6H,1,4-5,15H2. The fraction of sp³-hybridized carbons (Fsp3) is 0.364. The minimum absolute atomic E-state index is 0.142. The molecule has 1 aliphatic rings. The van der Waals surface area contributed by atoms with Crippen molar-refractivity contribution in [1.29, 1.82) is 0 Å². The number of alkyl halides is 3. The maximum absolute atomic E-state index is 12.1. The van der Waals surface area contributed by atoms with Crippen molar-refractivity contribution in [2.45, 2.75) is 12.8 Å². The first-order valence-corrected chi connectivity index (χ1v) is 5.31. The Kier molecular flexibility index (Phi) is 3.06. The quantitative estimate of drug-likeness (QED) is 0.827. The zero-order valence-electron chi connectivity index (χ0n) is 9.33. The number of carbonyl (C=O) groups excluding carboxylic acids is 1. The number of nitrogens with zero attached hydrogens (tertiary/aromatic N) is 1. The number of amides is 1. The van der Waals surface area contributed by atoms with E-state index >= 15 is 0 Å². The molecule has 1 amide bonds. The molecule has 18 heavy (non-hydrogen) atoms. The molecule has 0 radical (unpaired) electrons. The molecule has 0 unspecified atom stereocenters. The van der Waals surface area contributed by atoms with Crippen molar-refractivity contribution in [3.63, 3.8) is 0 Å². The van der Waals surface area contributed by atoms with Crippen LogP contribution in [-0.4, -0.2) is 30.3 Å². The summed E-state index contributed by atoms with van der Waals surface area (Å²) < 4.78 is 40.1. The SMILES string of the molecule is Nc1ccc(C(=O)N2CCC2)cc1OC(F)(F)F. The summed E-state index contributed by atoms with van der Waals surface area (Å²) in [5.41, 5.74) is 5.35. The first-order chi connectivity index (χ1) is 8.37. The number of halogens is 3. The van der Waals surface area contributed by atoms with Gasteiger partial charge in [0.25, 0.3) is 5.91 Å². The Hall–Kier alpha value is -1.92. The third-order valence-electron chi connectivity index (χ3n) is 2.63. The fourth-order valence-electron chi connectivity index (χ4n) is 1.58. The van der Waals surface area contributed by atoms with Gasteiger partial charge in [-0.25, -0.2) is 0 Å². The third-order valence-corrected chi connectivity index (χ3v) is 2.63. The molecule has 1 heterocycles. The second-order valence-electron chi connectivity index (χ2n) is 3.95. The van der Waals surface area contributed by atoms with Crippen LogP contribution in [0.1, 0.15) is 16.8 Å². The monoisotopic (exact) mass is 260 g/mol.